The van der Waals surface area contributed by atoms with Gasteiger partial charge in [-0.25, -0.2) is 22.3 Å². The van der Waals surface area contributed by atoms with Crippen LogP contribution in [0, 0.1) is 0 Å². The summed E-state index contributed by atoms with van der Waals surface area (Å²) in [4.78, 5) is 11.0. The molecule has 0 bridgehead atoms. The maximum Gasteiger partial charge on any atom is 0.261 e. The molecule has 6 nitrogen and oxygen atoms in total. The first kappa shape index (κ1) is 15.2. The van der Waals surface area contributed by atoms with Gasteiger partial charge in [-0.3, -0.25) is 4.79 Å². The van der Waals surface area contributed by atoms with Gasteiger partial charge in [-0.05, 0) is 0 Å². The maximum absolute atomic E-state index is 11.6. The minimum absolute atomic E-state index is 0.0999. The summed E-state index contributed by atoms with van der Waals surface area (Å²) in [7, 11) is -3.60. The van der Waals surface area contributed by atoms with Crippen LogP contribution in [0.3, 0.4) is 0 Å². The molecule has 0 saturated heterocycles. The standard InChI is InChI=1S/C7H14F2N2O4S/c8-6(9)5-15-3-1-7(12)11-2-4-16(10,13)14/h6H,1-5H2,(H,11,12)(H2,10,13,14). The molecule has 0 saturated carbocycles. The van der Waals surface area contributed by atoms with Crippen LogP contribution < -0.4 is 10.5 Å². The Hall–Kier alpha value is -0.800. The molecule has 0 aliphatic carbocycles. The van der Waals surface area contributed by atoms with Crippen LogP contribution in [0.4, 0.5) is 8.78 Å². The number of sulfonamides is 1. The van der Waals surface area contributed by atoms with Gasteiger partial charge in [0.15, 0.2) is 0 Å². The molecule has 0 aromatic rings. The molecule has 0 radical (unpaired) electrons. The fourth-order valence-corrected chi connectivity index (χ4v) is 1.14. The molecule has 0 rings (SSSR count). The minimum atomic E-state index is -3.60. The van der Waals surface area contributed by atoms with Crippen molar-refractivity contribution in [1.82, 2.24) is 5.32 Å². The summed E-state index contributed by atoms with van der Waals surface area (Å²) in [6.07, 6.45) is -2.66. The average Bonchev–Trinajstić information content (AvgIpc) is 2.10. The molecule has 0 aromatic carbocycles. The Bertz CT molecular complexity index is 308. The second-order valence-electron chi connectivity index (χ2n) is 2.93. The number of carbonyl (C=O) groups excluding carboxylic acids is 1. The van der Waals surface area contributed by atoms with Crippen molar-refractivity contribution >= 4 is 15.9 Å². The number of halogens is 2. The number of amides is 1. The van der Waals surface area contributed by atoms with Crippen LogP contribution in [-0.4, -0.2) is 46.3 Å². The zero-order chi connectivity index (χ0) is 12.6. The normalized spacial score (nSPS) is 11.8. The van der Waals surface area contributed by atoms with E-state index >= 15 is 0 Å². The third-order valence-electron chi connectivity index (χ3n) is 1.43. The fourth-order valence-electron chi connectivity index (χ4n) is 0.758. The van der Waals surface area contributed by atoms with E-state index in [-0.39, 0.29) is 25.3 Å². The molecule has 0 unspecified atom stereocenters. The van der Waals surface area contributed by atoms with E-state index < -0.39 is 29.0 Å². The SMILES string of the molecule is NS(=O)(=O)CCNC(=O)CCOCC(F)F. The fraction of sp³-hybridized carbons (Fsp3) is 0.857. The highest BCUT2D eigenvalue weighted by atomic mass is 32.2. The zero-order valence-corrected chi connectivity index (χ0v) is 9.30. The van der Waals surface area contributed by atoms with Gasteiger partial charge >= 0.3 is 0 Å². The van der Waals surface area contributed by atoms with Crippen molar-refractivity contribution < 1.29 is 26.7 Å². The van der Waals surface area contributed by atoms with Gasteiger partial charge in [-0.15, -0.1) is 0 Å². The molecule has 0 aliphatic rings. The first-order valence-electron chi connectivity index (χ1n) is 4.44. The summed E-state index contributed by atoms with van der Waals surface area (Å²) in [6, 6.07) is 0. The van der Waals surface area contributed by atoms with Crippen molar-refractivity contribution in [3.8, 4) is 0 Å². The van der Waals surface area contributed by atoms with Gasteiger partial charge in [-0.1, -0.05) is 0 Å². The van der Waals surface area contributed by atoms with E-state index in [0.717, 1.165) is 0 Å². The van der Waals surface area contributed by atoms with Gasteiger partial charge < -0.3 is 10.1 Å². The summed E-state index contributed by atoms with van der Waals surface area (Å²) >= 11 is 0. The third-order valence-corrected chi connectivity index (χ3v) is 2.20. The molecular formula is C7H14F2N2O4S. The molecule has 9 heteroatoms. The quantitative estimate of drug-likeness (QED) is 0.550. The van der Waals surface area contributed by atoms with Crippen molar-refractivity contribution in [1.29, 1.82) is 0 Å². The molecule has 1 amide bonds. The Morgan fingerprint density at radius 2 is 2.06 bits per heavy atom. The van der Waals surface area contributed by atoms with E-state index in [1.165, 1.54) is 0 Å². The van der Waals surface area contributed by atoms with Crippen LogP contribution in [0.25, 0.3) is 0 Å². The average molecular weight is 260 g/mol. The van der Waals surface area contributed by atoms with Crippen molar-refractivity contribution in [2.75, 3.05) is 25.5 Å². The lowest BCUT2D eigenvalue weighted by molar-refractivity contribution is -0.122. The highest BCUT2D eigenvalue weighted by molar-refractivity contribution is 7.89. The maximum atomic E-state index is 11.6. The number of nitrogens with two attached hydrogens (primary N) is 1. The lowest BCUT2D eigenvalue weighted by atomic mass is 10.4. The molecule has 0 aromatic heterocycles. The van der Waals surface area contributed by atoms with Gasteiger partial charge in [0.1, 0.15) is 6.61 Å². The Morgan fingerprint density at radius 3 is 2.56 bits per heavy atom. The Labute approximate surface area is 92.2 Å². The summed E-state index contributed by atoms with van der Waals surface area (Å²) in [5, 5.41) is 6.95. The molecule has 0 spiro atoms. The highest BCUT2D eigenvalue weighted by Gasteiger charge is 2.06. The van der Waals surface area contributed by atoms with Gasteiger partial charge in [0.25, 0.3) is 6.43 Å². The van der Waals surface area contributed by atoms with E-state index in [9.17, 15) is 22.0 Å². The summed E-state index contributed by atoms with van der Waals surface area (Å²) in [5.74, 6) is -0.839. The number of nitrogens with one attached hydrogen (secondary N) is 1. The van der Waals surface area contributed by atoms with Gasteiger partial charge in [0.2, 0.25) is 15.9 Å². The molecular weight excluding hydrogens is 246 g/mol. The molecule has 96 valence electrons. The molecule has 0 fully saturated rings. The Kier molecular flexibility index (Phi) is 7.10. The number of carbonyl (C=O) groups is 1. The monoisotopic (exact) mass is 260 g/mol. The van der Waals surface area contributed by atoms with Crippen molar-refractivity contribution in [3.63, 3.8) is 0 Å². The highest BCUT2D eigenvalue weighted by Crippen LogP contribution is 1.93. The lowest BCUT2D eigenvalue weighted by Gasteiger charge is -2.05. The number of primary sulfonamides is 1. The summed E-state index contributed by atoms with van der Waals surface area (Å²) in [5.41, 5.74) is 0. The predicted molar refractivity (Wildman–Crippen MR) is 52.4 cm³/mol. The Morgan fingerprint density at radius 1 is 1.44 bits per heavy atom. The van der Waals surface area contributed by atoms with Crippen LogP contribution in [0.5, 0.6) is 0 Å². The second kappa shape index (κ2) is 7.47. The van der Waals surface area contributed by atoms with Crippen LogP contribution >= 0.6 is 0 Å². The second-order valence-corrected chi connectivity index (χ2v) is 4.67. The summed E-state index contributed by atoms with van der Waals surface area (Å²) < 4.78 is 48.6. The van der Waals surface area contributed by atoms with Crippen LogP contribution in [-0.2, 0) is 19.6 Å². The number of hydrogen-bond acceptors (Lipinski definition) is 4. The van der Waals surface area contributed by atoms with E-state index in [2.05, 4.69) is 15.2 Å². The molecule has 3 N–H and O–H groups in total. The topological polar surface area (TPSA) is 98.5 Å². The molecule has 0 atom stereocenters. The number of alkyl halides is 2. The van der Waals surface area contributed by atoms with E-state index in [1.54, 1.807) is 0 Å². The molecule has 0 aliphatic heterocycles. The van der Waals surface area contributed by atoms with Crippen LogP contribution in [0.2, 0.25) is 0 Å². The van der Waals surface area contributed by atoms with E-state index in [4.69, 9.17) is 0 Å². The van der Waals surface area contributed by atoms with Crippen LogP contribution in [0.15, 0.2) is 0 Å². The minimum Gasteiger partial charge on any atom is -0.375 e. The van der Waals surface area contributed by atoms with Gasteiger partial charge in [0, 0.05) is 13.0 Å². The number of rotatable bonds is 8. The largest absolute Gasteiger partial charge is 0.375 e. The Balaban J connectivity index is 3.46. The smallest absolute Gasteiger partial charge is 0.261 e. The molecule has 16 heavy (non-hydrogen) atoms. The zero-order valence-electron chi connectivity index (χ0n) is 8.49. The van der Waals surface area contributed by atoms with Crippen molar-refractivity contribution in [2.45, 2.75) is 12.8 Å². The van der Waals surface area contributed by atoms with Gasteiger partial charge in [-0.2, -0.15) is 0 Å². The number of hydrogen-bond donors (Lipinski definition) is 2. The van der Waals surface area contributed by atoms with E-state index in [1.807, 2.05) is 0 Å². The third kappa shape index (κ3) is 11.3. The van der Waals surface area contributed by atoms with E-state index in [0.29, 0.717) is 0 Å². The first-order valence-corrected chi connectivity index (χ1v) is 6.16. The first-order chi connectivity index (χ1) is 7.31. The predicted octanol–water partition coefficient (Wildman–Crippen LogP) is -0.937. The summed E-state index contributed by atoms with van der Waals surface area (Å²) in [6.45, 7) is -0.956. The number of ether oxygens (including phenoxy) is 1. The van der Waals surface area contributed by atoms with Gasteiger partial charge in [0.05, 0.1) is 12.4 Å². The van der Waals surface area contributed by atoms with Crippen molar-refractivity contribution in [3.05, 3.63) is 0 Å². The lowest BCUT2D eigenvalue weighted by Crippen LogP contribution is -2.32. The van der Waals surface area contributed by atoms with Crippen molar-refractivity contribution in [2.24, 2.45) is 5.14 Å². The van der Waals surface area contributed by atoms with Crippen LogP contribution in [0.1, 0.15) is 6.42 Å². The molecule has 0 heterocycles.